The number of benzene rings is 2. The number of nitrogens with zero attached hydrogens (tertiary/aromatic N) is 3. The summed E-state index contributed by atoms with van der Waals surface area (Å²) >= 11 is 3.40. The number of aryl methyl sites for hydroxylation is 1. The van der Waals surface area contributed by atoms with Crippen LogP contribution in [0.4, 0.5) is 5.95 Å². The number of rotatable bonds is 4. The number of ketones is 1. The van der Waals surface area contributed by atoms with E-state index in [2.05, 4.69) is 30.9 Å². The molecule has 3 heterocycles. The number of imidazole rings is 1. The molecule has 1 amide bonds. The maximum atomic E-state index is 13.3. The molecule has 0 aliphatic carbocycles. The predicted octanol–water partition coefficient (Wildman–Crippen LogP) is 4.66. The molecule has 0 bridgehead atoms. The van der Waals surface area contributed by atoms with Crippen LogP contribution in [0.1, 0.15) is 22.9 Å². The molecule has 170 valence electrons. The first-order valence-corrected chi connectivity index (χ1v) is 11.2. The zero-order chi connectivity index (χ0) is 24.0. The normalized spacial score (nSPS) is 17.5. The van der Waals surface area contributed by atoms with E-state index < -0.39 is 17.7 Å². The number of carbonyl (C=O) groups is 2. The third-order valence-corrected chi connectivity index (χ3v) is 6.31. The molecule has 4 aromatic rings. The fraction of sp³-hybridized carbons (Fsp3) is 0.120. The summed E-state index contributed by atoms with van der Waals surface area (Å²) < 4.78 is 5.84. The Balaban J connectivity index is 1.71. The Morgan fingerprint density at radius 3 is 2.68 bits per heavy atom. The molecule has 1 atom stereocenters. The van der Waals surface area contributed by atoms with Crippen LogP contribution in [-0.4, -0.2) is 38.9 Å². The number of methoxy groups -OCH3 is 1. The summed E-state index contributed by atoms with van der Waals surface area (Å²) in [5.74, 6) is -1.17. The number of hydrogen-bond donors (Lipinski definition) is 2. The fourth-order valence-corrected chi connectivity index (χ4v) is 4.60. The number of Topliss-reactive ketones (excluding diaryl/α,β-unsaturated/α-hetero) is 1. The second kappa shape index (κ2) is 8.42. The first kappa shape index (κ1) is 21.8. The molecule has 2 aromatic carbocycles. The van der Waals surface area contributed by atoms with Gasteiger partial charge in [-0.25, -0.2) is 4.98 Å². The van der Waals surface area contributed by atoms with E-state index >= 15 is 0 Å². The lowest BCUT2D eigenvalue weighted by Crippen LogP contribution is -2.30. The zero-order valence-electron chi connectivity index (χ0n) is 18.2. The Hall–Kier alpha value is -3.98. The Bertz CT molecular complexity index is 1480. The molecule has 0 radical (unpaired) electrons. The standard InChI is InChI=1S/C25H19BrN4O4/c1-13-6-8-16-18(11-13)29-25(28-16)30-21(17-5-3-4-10-27-17)20(23(32)24(30)33)22(31)14-7-9-19(34-2)15(26)12-14/h3-12,21,31H,1-2H3,(H,28,29)/b22-20+. The van der Waals surface area contributed by atoms with Crippen molar-refractivity contribution in [3.05, 3.63) is 87.7 Å². The molecule has 1 aliphatic rings. The smallest absolute Gasteiger partial charge is 0.302 e. The van der Waals surface area contributed by atoms with E-state index in [1.54, 1.807) is 42.6 Å². The molecular formula is C25H19BrN4O4. The highest BCUT2D eigenvalue weighted by atomic mass is 79.9. The summed E-state index contributed by atoms with van der Waals surface area (Å²) in [6.07, 6.45) is 1.57. The van der Waals surface area contributed by atoms with E-state index in [0.717, 1.165) is 11.1 Å². The molecule has 9 heteroatoms. The number of aromatic amines is 1. The van der Waals surface area contributed by atoms with Crippen LogP contribution in [0.25, 0.3) is 16.8 Å². The number of aliphatic hydroxyl groups excluding tert-OH is 1. The van der Waals surface area contributed by atoms with Gasteiger partial charge >= 0.3 is 5.91 Å². The van der Waals surface area contributed by atoms with E-state index in [9.17, 15) is 14.7 Å². The number of nitrogens with one attached hydrogen (secondary N) is 1. The minimum absolute atomic E-state index is 0.0718. The van der Waals surface area contributed by atoms with Gasteiger partial charge in [-0.1, -0.05) is 12.1 Å². The Morgan fingerprint density at radius 1 is 1.15 bits per heavy atom. The largest absolute Gasteiger partial charge is 0.507 e. The van der Waals surface area contributed by atoms with Crippen LogP contribution in [0.2, 0.25) is 0 Å². The lowest BCUT2D eigenvalue weighted by molar-refractivity contribution is -0.132. The van der Waals surface area contributed by atoms with Crippen LogP contribution in [0.3, 0.4) is 0 Å². The molecule has 8 nitrogen and oxygen atoms in total. The summed E-state index contributed by atoms with van der Waals surface area (Å²) in [5.41, 5.74) is 3.12. The average molecular weight is 519 g/mol. The van der Waals surface area contributed by atoms with Crippen molar-refractivity contribution in [3.8, 4) is 5.75 Å². The van der Waals surface area contributed by atoms with Crippen LogP contribution in [0.5, 0.6) is 5.75 Å². The van der Waals surface area contributed by atoms with Crippen LogP contribution < -0.4 is 9.64 Å². The summed E-state index contributed by atoms with van der Waals surface area (Å²) in [7, 11) is 1.53. The first-order chi connectivity index (χ1) is 16.4. The summed E-state index contributed by atoms with van der Waals surface area (Å²) in [6, 6.07) is 14.8. The minimum Gasteiger partial charge on any atom is -0.507 e. The molecule has 2 aromatic heterocycles. The number of pyridine rings is 1. The number of amides is 1. The maximum absolute atomic E-state index is 13.3. The zero-order valence-corrected chi connectivity index (χ0v) is 19.8. The van der Waals surface area contributed by atoms with Crippen molar-refractivity contribution in [1.82, 2.24) is 15.0 Å². The monoisotopic (exact) mass is 518 g/mol. The van der Waals surface area contributed by atoms with Gasteiger partial charge in [0.1, 0.15) is 17.6 Å². The third-order valence-electron chi connectivity index (χ3n) is 5.69. The fourth-order valence-electron chi connectivity index (χ4n) is 4.06. The maximum Gasteiger partial charge on any atom is 0.302 e. The molecular weight excluding hydrogens is 500 g/mol. The van der Waals surface area contributed by atoms with E-state index in [1.165, 1.54) is 12.0 Å². The van der Waals surface area contributed by atoms with Gasteiger partial charge in [0.25, 0.3) is 5.78 Å². The van der Waals surface area contributed by atoms with Gasteiger partial charge in [0.15, 0.2) is 0 Å². The van der Waals surface area contributed by atoms with Gasteiger partial charge in [-0.05, 0) is 70.9 Å². The molecule has 0 saturated carbocycles. The van der Waals surface area contributed by atoms with E-state index in [4.69, 9.17) is 4.74 Å². The minimum atomic E-state index is -0.969. The first-order valence-electron chi connectivity index (χ1n) is 10.4. The number of ether oxygens (including phenoxy) is 1. The van der Waals surface area contributed by atoms with E-state index in [-0.39, 0.29) is 17.3 Å². The van der Waals surface area contributed by atoms with Crippen LogP contribution >= 0.6 is 15.9 Å². The highest BCUT2D eigenvalue weighted by Crippen LogP contribution is 2.41. The van der Waals surface area contributed by atoms with Gasteiger partial charge in [0.2, 0.25) is 5.95 Å². The van der Waals surface area contributed by atoms with Gasteiger partial charge in [0, 0.05) is 11.8 Å². The van der Waals surface area contributed by atoms with Gasteiger partial charge in [-0.15, -0.1) is 0 Å². The highest BCUT2D eigenvalue weighted by molar-refractivity contribution is 9.10. The summed E-state index contributed by atoms with van der Waals surface area (Å²) in [5, 5.41) is 11.2. The van der Waals surface area contributed by atoms with Gasteiger partial charge in [-0.2, -0.15) is 0 Å². The number of fused-ring (bicyclic) bond motifs is 1. The number of anilines is 1. The third kappa shape index (κ3) is 3.54. The van der Waals surface area contributed by atoms with Crippen LogP contribution in [-0.2, 0) is 9.59 Å². The van der Waals surface area contributed by atoms with Crippen molar-refractivity contribution in [3.63, 3.8) is 0 Å². The molecule has 5 rings (SSSR count). The van der Waals surface area contributed by atoms with E-state index in [0.29, 0.717) is 27.0 Å². The van der Waals surface area contributed by atoms with Crippen molar-refractivity contribution in [2.24, 2.45) is 0 Å². The van der Waals surface area contributed by atoms with Crippen molar-refractivity contribution >= 4 is 50.4 Å². The highest BCUT2D eigenvalue weighted by Gasteiger charge is 2.48. The van der Waals surface area contributed by atoms with Gasteiger partial charge in [-0.3, -0.25) is 19.5 Å². The molecule has 1 aliphatic heterocycles. The second-order valence-corrected chi connectivity index (χ2v) is 8.71. The lowest BCUT2D eigenvalue weighted by atomic mass is 9.98. The molecule has 0 spiro atoms. The predicted molar refractivity (Wildman–Crippen MR) is 131 cm³/mol. The number of carbonyl (C=O) groups excluding carboxylic acids is 2. The average Bonchev–Trinajstić information content (AvgIpc) is 3.37. The van der Waals surface area contributed by atoms with Crippen LogP contribution in [0.15, 0.2) is 70.8 Å². The lowest BCUT2D eigenvalue weighted by Gasteiger charge is -2.22. The molecule has 1 fully saturated rings. The Morgan fingerprint density at radius 2 is 1.97 bits per heavy atom. The summed E-state index contributed by atoms with van der Waals surface area (Å²) in [6.45, 7) is 1.95. The molecule has 34 heavy (non-hydrogen) atoms. The second-order valence-electron chi connectivity index (χ2n) is 7.85. The van der Waals surface area contributed by atoms with Crippen molar-refractivity contribution < 1.29 is 19.4 Å². The molecule has 1 unspecified atom stereocenters. The quantitative estimate of drug-likeness (QED) is 0.231. The molecule has 1 saturated heterocycles. The van der Waals surface area contributed by atoms with Crippen LogP contribution in [0, 0.1) is 6.92 Å². The van der Waals surface area contributed by atoms with E-state index in [1.807, 2.05) is 25.1 Å². The Kier molecular flexibility index (Phi) is 5.41. The van der Waals surface area contributed by atoms with Gasteiger partial charge in [0.05, 0.1) is 33.9 Å². The topological polar surface area (TPSA) is 108 Å². The Labute approximate surface area is 203 Å². The SMILES string of the molecule is COc1ccc(/C(O)=C2\C(=O)C(=O)N(c3nc4ccc(C)cc4[nH]3)C2c2ccccn2)cc1Br. The van der Waals surface area contributed by atoms with Crippen molar-refractivity contribution in [2.75, 3.05) is 12.0 Å². The number of H-pyrrole nitrogens is 1. The number of halogens is 1. The number of aliphatic hydroxyl groups is 1. The summed E-state index contributed by atoms with van der Waals surface area (Å²) in [4.78, 5) is 39.8. The number of hydrogen-bond acceptors (Lipinski definition) is 6. The number of aromatic nitrogens is 3. The van der Waals surface area contributed by atoms with Crippen molar-refractivity contribution in [2.45, 2.75) is 13.0 Å². The molecule has 2 N–H and O–H groups in total. The van der Waals surface area contributed by atoms with Crippen molar-refractivity contribution in [1.29, 1.82) is 0 Å². The van der Waals surface area contributed by atoms with Gasteiger partial charge < -0.3 is 14.8 Å².